The van der Waals surface area contributed by atoms with Crippen LogP contribution in [0, 0.1) is 6.92 Å². The van der Waals surface area contributed by atoms with Gasteiger partial charge in [0.2, 0.25) is 0 Å². The Bertz CT molecular complexity index is 470. The maximum Gasteiger partial charge on any atom is 0.256 e. The van der Waals surface area contributed by atoms with Crippen LogP contribution in [0.1, 0.15) is 55.5 Å². The summed E-state index contributed by atoms with van der Waals surface area (Å²) >= 11 is 0. The summed E-state index contributed by atoms with van der Waals surface area (Å²) in [6, 6.07) is 6.51. The first-order valence-electron chi connectivity index (χ1n) is 7.82. The van der Waals surface area contributed by atoms with Crippen LogP contribution in [0.2, 0.25) is 0 Å². The fourth-order valence-corrected chi connectivity index (χ4v) is 3.03. The number of carbonyl (C=O) groups is 1. The summed E-state index contributed by atoms with van der Waals surface area (Å²) < 4.78 is 0. The Morgan fingerprint density at radius 3 is 2.85 bits per heavy atom. The highest BCUT2D eigenvalue weighted by atomic mass is 16.2. The van der Waals surface area contributed by atoms with E-state index in [1.807, 2.05) is 19.1 Å². The van der Waals surface area contributed by atoms with Crippen LogP contribution in [0.3, 0.4) is 0 Å². The lowest BCUT2D eigenvalue weighted by Gasteiger charge is -2.35. The molecule has 1 heterocycles. The summed E-state index contributed by atoms with van der Waals surface area (Å²) in [7, 11) is 0. The number of piperidine rings is 1. The second-order valence-electron chi connectivity index (χ2n) is 5.64. The van der Waals surface area contributed by atoms with Crippen LogP contribution in [0.4, 0.5) is 5.69 Å². The number of anilines is 1. The monoisotopic (exact) mass is 274 g/mol. The van der Waals surface area contributed by atoms with Gasteiger partial charge in [0.1, 0.15) is 0 Å². The third-order valence-electron chi connectivity index (χ3n) is 4.13. The fourth-order valence-electron chi connectivity index (χ4n) is 3.03. The third kappa shape index (κ3) is 3.14. The second-order valence-corrected chi connectivity index (χ2v) is 5.64. The van der Waals surface area contributed by atoms with Crippen molar-refractivity contribution in [3.8, 4) is 0 Å². The Kier molecular flexibility index (Phi) is 5.05. The number of amides is 1. The summed E-state index contributed by atoms with van der Waals surface area (Å²) in [6.45, 7) is 8.01. The smallest absolute Gasteiger partial charge is 0.256 e. The minimum absolute atomic E-state index is 0.191. The van der Waals surface area contributed by atoms with E-state index in [2.05, 4.69) is 30.1 Å². The molecule has 1 atom stereocenters. The molecule has 0 aromatic heterocycles. The molecule has 0 aliphatic carbocycles. The normalized spacial score (nSPS) is 18.9. The molecule has 0 radical (unpaired) electrons. The summed E-state index contributed by atoms with van der Waals surface area (Å²) in [5, 5.41) is 3.31. The molecule has 110 valence electrons. The van der Waals surface area contributed by atoms with Crippen LogP contribution in [0.25, 0.3) is 0 Å². The van der Waals surface area contributed by atoms with Gasteiger partial charge in [-0.15, -0.1) is 0 Å². The predicted octanol–water partition coefficient (Wildman–Crippen LogP) is 3.83. The van der Waals surface area contributed by atoms with Crippen LogP contribution in [0.5, 0.6) is 0 Å². The zero-order valence-corrected chi connectivity index (χ0v) is 12.9. The van der Waals surface area contributed by atoms with Crippen LogP contribution >= 0.6 is 0 Å². The van der Waals surface area contributed by atoms with E-state index in [1.165, 1.54) is 6.42 Å². The average molecular weight is 274 g/mol. The van der Waals surface area contributed by atoms with Gasteiger partial charge in [0, 0.05) is 24.8 Å². The lowest BCUT2D eigenvalue weighted by Crippen LogP contribution is -2.43. The van der Waals surface area contributed by atoms with Crippen molar-refractivity contribution < 1.29 is 4.79 Å². The molecule has 1 saturated heterocycles. The molecule has 2 rings (SSSR count). The number of carbonyl (C=O) groups excluding carboxylic acids is 1. The number of aryl methyl sites for hydroxylation is 1. The number of nitrogens with one attached hydrogen (secondary N) is 1. The first kappa shape index (κ1) is 14.9. The van der Waals surface area contributed by atoms with Crippen molar-refractivity contribution in [1.82, 2.24) is 4.90 Å². The Morgan fingerprint density at radius 2 is 2.15 bits per heavy atom. The molecule has 1 aliphatic rings. The van der Waals surface area contributed by atoms with E-state index in [4.69, 9.17) is 0 Å². The van der Waals surface area contributed by atoms with E-state index in [-0.39, 0.29) is 5.91 Å². The van der Waals surface area contributed by atoms with Crippen LogP contribution in [-0.4, -0.2) is 29.9 Å². The number of nitrogens with zero attached hydrogens (tertiary/aromatic N) is 1. The molecule has 0 spiro atoms. The highest BCUT2D eigenvalue weighted by Crippen LogP contribution is 2.25. The first-order chi connectivity index (χ1) is 9.67. The summed E-state index contributed by atoms with van der Waals surface area (Å²) in [5.41, 5.74) is 2.93. The molecule has 1 unspecified atom stereocenters. The van der Waals surface area contributed by atoms with Crippen LogP contribution < -0.4 is 5.32 Å². The maximum atomic E-state index is 12.9. The largest absolute Gasteiger partial charge is 0.385 e. The van der Waals surface area contributed by atoms with Gasteiger partial charge in [0.15, 0.2) is 0 Å². The van der Waals surface area contributed by atoms with Gasteiger partial charge in [-0.25, -0.2) is 0 Å². The molecule has 1 aliphatic heterocycles. The molecule has 1 aromatic rings. The number of benzene rings is 1. The van der Waals surface area contributed by atoms with Gasteiger partial charge in [-0.05, 0) is 51.7 Å². The highest BCUT2D eigenvalue weighted by molar-refractivity contribution is 6.00. The summed E-state index contributed by atoms with van der Waals surface area (Å²) in [4.78, 5) is 15.0. The van der Waals surface area contributed by atoms with Crippen molar-refractivity contribution in [2.75, 3.05) is 18.4 Å². The van der Waals surface area contributed by atoms with Crippen LogP contribution in [0.15, 0.2) is 18.2 Å². The Morgan fingerprint density at radius 1 is 1.35 bits per heavy atom. The SMILES string of the molecule is CCNc1ccc(C)cc1C(=O)N1CCCCC1CC. The van der Waals surface area contributed by atoms with Gasteiger partial charge >= 0.3 is 0 Å². The average Bonchev–Trinajstić information content (AvgIpc) is 2.48. The minimum atomic E-state index is 0.191. The number of hydrogen-bond acceptors (Lipinski definition) is 2. The Labute approximate surface area is 122 Å². The van der Waals surface area contributed by atoms with Gasteiger partial charge < -0.3 is 10.2 Å². The number of hydrogen-bond donors (Lipinski definition) is 1. The molecular formula is C17H26N2O. The molecule has 3 nitrogen and oxygen atoms in total. The molecule has 20 heavy (non-hydrogen) atoms. The maximum absolute atomic E-state index is 12.9. The zero-order chi connectivity index (χ0) is 14.5. The zero-order valence-electron chi connectivity index (χ0n) is 12.9. The Balaban J connectivity index is 2.29. The van der Waals surface area contributed by atoms with Crippen molar-refractivity contribution in [2.45, 2.75) is 52.5 Å². The molecule has 0 saturated carbocycles. The van der Waals surface area contributed by atoms with Gasteiger partial charge in [-0.2, -0.15) is 0 Å². The molecule has 1 amide bonds. The lowest BCUT2D eigenvalue weighted by atomic mass is 9.98. The first-order valence-corrected chi connectivity index (χ1v) is 7.82. The fraction of sp³-hybridized carbons (Fsp3) is 0.588. The molecular weight excluding hydrogens is 248 g/mol. The van der Waals surface area contributed by atoms with E-state index >= 15 is 0 Å². The van der Waals surface area contributed by atoms with Gasteiger partial charge in [0.25, 0.3) is 5.91 Å². The molecule has 3 heteroatoms. The van der Waals surface area contributed by atoms with E-state index in [1.54, 1.807) is 0 Å². The van der Waals surface area contributed by atoms with Crippen molar-refractivity contribution in [3.63, 3.8) is 0 Å². The van der Waals surface area contributed by atoms with Crippen molar-refractivity contribution >= 4 is 11.6 Å². The predicted molar refractivity (Wildman–Crippen MR) is 84.3 cm³/mol. The highest BCUT2D eigenvalue weighted by Gasteiger charge is 2.27. The van der Waals surface area contributed by atoms with Gasteiger partial charge in [-0.1, -0.05) is 18.6 Å². The second kappa shape index (κ2) is 6.78. The van der Waals surface area contributed by atoms with Gasteiger partial charge in [-0.3, -0.25) is 4.79 Å². The van der Waals surface area contributed by atoms with E-state index in [0.29, 0.717) is 6.04 Å². The topological polar surface area (TPSA) is 32.3 Å². The summed E-state index contributed by atoms with van der Waals surface area (Å²) in [6.07, 6.45) is 4.57. The lowest BCUT2D eigenvalue weighted by molar-refractivity contribution is 0.0609. The number of likely N-dealkylation sites (tertiary alicyclic amines) is 1. The molecule has 1 N–H and O–H groups in total. The van der Waals surface area contributed by atoms with Crippen molar-refractivity contribution in [3.05, 3.63) is 29.3 Å². The summed E-state index contributed by atoms with van der Waals surface area (Å²) in [5.74, 6) is 0.191. The van der Waals surface area contributed by atoms with Crippen molar-refractivity contribution in [1.29, 1.82) is 0 Å². The third-order valence-corrected chi connectivity index (χ3v) is 4.13. The molecule has 1 aromatic carbocycles. The minimum Gasteiger partial charge on any atom is -0.385 e. The quantitative estimate of drug-likeness (QED) is 0.905. The van der Waals surface area contributed by atoms with E-state index < -0.39 is 0 Å². The van der Waals surface area contributed by atoms with E-state index in [0.717, 1.165) is 49.2 Å². The van der Waals surface area contributed by atoms with E-state index in [9.17, 15) is 4.79 Å². The van der Waals surface area contributed by atoms with Crippen LogP contribution in [-0.2, 0) is 0 Å². The Hall–Kier alpha value is -1.51. The van der Waals surface area contributed by atoms with Crippen molar-refractivity contribution in [2.24, 2.45) is 0 Å². The molecule has 0 bridgehead atoms. The standard InChI is InChI=1S/C17H26N2O/c1-4-14-8-6-7-11-19(14)17(20)15-12-13(3)9-10-16(15)18-5-2/h9-10,12,14,18H,4-8,11H2,1-3H3. The molecule has 1 fully saturated rings. The van der Waals surface area contributed by atoms with Gasteiger partial charge in [0.05, 0.1) is 5.56 Å². The number of rotatable bonds is 4.